The molecule has 4 aliphatic rings. The van der Waals surface area contributed by atoms with Gasteiger partial charge in [-0.25, -0.2) is 0 Å². The zero-order chi connectivity index (χ0) is 25.8. The van der Waals surface area contributed by atoms with Crippen molar-refractivity contribution in [3.05, 3.63) is 35.9 Å². The van der Waals surface area contributed by atoms with E-state index in [2.05, 4.69) is 69.8 Å². The molecule has 2 saturated heterocycles. The summed E-state index contributed by atoms with van der Waals surface area (Å²) in [4.78, 5) is 33.1. The van der Waals surface area contributed by atoms with E-state index in [1.165, 1.54) is 5.56 Å². The highest BCUT2D eigenvalue weighted by molar-refractivity contribution is 5.91. The molecular formula is C29H44N6O2. The minimum atomic E-state index is -0.197. The van der Waals surface area contributed by atoms with Crippen molar-refractivity contribution in [3.63, 3.8) is 0 Å². The molecule has 0 bridgehead atoms. The number of hydrazone groups is 1. The lowest BCUT2D eigenvalue weighted by Crippen LogP contribution is -2.67. The lowest BCUT2D eigenvalue weighted by atomic mass is 9.80. The van der Waals surface area contributed by atoms with Gasteiger partial charge in [0, 0.05) is 51.1 Å². The minimum Gasteiger partial charge on any atom is -0.353 e. The van der Waals surface area contributed by atoms with E-state index in [0.29, 0.717) is 18.8 Å². The van der Waals surface area contributed by atoms with E-state index < -0.39 is 0 Å². The van der Waals surface area contributed by atoms with E-state index in [0.717, 1.165) is 77.0 Å². The third kappa shape index (κ3) is 6.11. The third-order valence-corrected chi connectivity index (χ3v) is 8.58. The van der Waals surface area contributed by atoms with E-state index in [-0.39, 0.29) is 36.1 Å². The van der Waals surface area contributed by atoms with Gasteiger partial charge in [-0.15, -0.1) is 0 Å². The van der Waals surface area contributed by atoms with Gasteiger partial charge in [0.15, 0.2) is 6.29 Å². The molecular weight excluding hydrogens is 464 g/mol. The average Bonchev–Trinajstić information content (AvgIpc) is 3.33. The van der Waals surface area contributed by atoms with Crippen LogP contribution in [0.25, 0.3) is 0 Å². The number of carbonyl (C=O) groups is 2. The zero-order valence-electron chi connectivity index (χ0n) is 22.6. The Labute approximate surface area is 221 Å². The molecule has 8 heteroatoms. The summed E-state index contributed by atoms with van der Waals surface area (Å²) >= 11 is 0. The molecule has 202 valence electrons. The summed E-state index contributed by atoms with van der Waals surface area (Å²) in [5, 5.41) is 7.94. The zero-order valence-corrected chi connectivity index (χ0v) is 22.6. The van der Waals surface area contributed by atoms with Crippen molar-refractivity contribution in [1.82, 2.24) is 25.4 Å². The molecule has 1 aromatic rings. The quantitative estimate of drug-likeness (QED) is 0.534. The van der Waals surface area contributed by atoms with Crippen LogP contribution < -0.4 is 10.7 Å². The number of rotatable bonds is 9. The molecule has 1 aromatic carbocycles. The van der Waals surface area contributed by atoms with E-state index in [4.69, 9.17) is 0 Å². The maximum atomic E-state index is 13.4. The number of hydrogen-bond donors (Lipinski definition) is 2. The molecule has 1 aliphatic carbocycles. The molecule has 37 heavy (non-hydrogen) atoms. The van der Waals surface area contributed by atoms with Gasteiger partial charge in [-0.1, -0.05) is 57.0 Å². The number of amides is 2. The van der Waals surface area contributed by atoms with Gasteiger partial charge in [0.25, 0.3) is 0 Å². The summed E-state index contributed by atoms with van der Waals surface area (Å²) in [5.74, 6) is 1.93. The lowest BCUT2D eigenvalue weighted by molar-refractivity contribution is -0.155. The van der Waals surface area contributed by atoms with Crippen molar-refractivity contribution in [1.29, 1.82) is 0 Å². The molecule has 8 nitrogen and oxygen atoms in total. The summed E-state index contributed by atoms with van der Waals surface area (Å²) in [5.41, 5.74) is 4.60. The molecule has 5 rings (SSSR count). The van der Waals surface area contributed by atoms with Gasteiger partial charge in [0.05, 0.1) is 5.92 Å². The SMILES string of the molecule is CC(C)CCN1C(=O)C2CCCCC2N2C(CCC(=O)NC3CCN(Cc4ccccc4)CC3)=NNC12. The lowest BCUT2D eigenvalue weighted by Gasteiger charge is -2.50. The van der Waals surface area contributed by atoms with Crippen LogP contribution in [0.2, 0.25) is 0 Å². The largest absolute Gasteiger partial charge is 0.353 e. The van der Waals surface area contributed by atoms with Crippen LogP contribution in [0.5, 0.6) is 0 Å². The highest BCUT2D eigenvalue weighted by atomic mass is 16.2. The topological polar surface area (TPSA) is 80.3 Å². The Morgan fingerprint density at radius 2 is 1.86 bits per heavy atom. The van der Waals surface area contributed by atoms with E-state index in [9.17, 15) is 9.59 Å². The molecule has 3 fully saturated rings. The number of benzene rings is 1. The average molecular weight is 509 g/mol. The van der Waals surface area contributed by atoms with E-state index in [1.54, 1.807) is 0 Å². The van der Waals surface area contributed by atoms with Gasteiger partial charge in [-0.2, -0.15) is 5.10 Å². The summed E-state index contributed by atoms with van der Waals surface area (Å²) < 4.78 is 0. The van der Waals surface area contributed by atoms with Gasteiger partial charge in [0.2, 0.25) is 11.8 Å². The van der Waals surface area contributed by atoms with Crippen LogP contribution in [0.15, 0.2) is 35.4 Å². The molecule has 0 aromatic heterocycles. The summed E-state index contributed by atoms with van der Waals surface area (Å²) in [6.07, 6.45) is 8.08. The fraction of sp³-hybridized carbons (Fsp3) is 0.690. The molecule has 0 spiro atoms. The van der Waals surface area contributed by atoms with Crippen molar-refractivity contribution in [2.75, 3.05) is 19.6 Å². The first-order valence-corrected chi connectivity index (χ1v) is 14.5. The van der Waals surface area contributed by atoms with Crippen LogP contribution in [-0.4, -0.2) is 70.4 Å². The first-order chi connectivity index (χ1) is 18.0. The van der Waals surface area contributed by atoms with Crippen LogP contribution in [0.4, 0.5) is 0 Å². The number of carbonyl (C=O) groups excluding carboxylic acids is 2. The number of piperidine rings is 1. The molecule has 0 radical (unpaired) electrons. The summed E-state index contributed by atoms with van der Waals surface area (Å²) in [7, 11) is 0. The van der Waals surface area contributed by atoms with Crippen molar-refractivity contribution in [2.24, 2.45) is 16.9 Å². The van der Waals surface area contributed by atoms with Gasteiger partial charge in [-0.3, -0.25) is 19.9 Å². The number of likely N-dealkylation sites (tertiary alicyclic amines) is 1. The summed E-state index contributed by atoms with van der Waals surface area (Å²) in [6, 6.07) is 11.0. The highest BCUT2D eigenvalue weighted by Gasteiger charge is 2.50. The number of amidine groups is 1. The fourth-order valence-electron chi connectivity index (χ4n) is 6.47. The highest BCUT2D eigenvalue weighted by Crippen LogP contribution is 2.38. The monoisotopic (exact) mass is 508 g/mol. The van der Waals surface area contributed by atoms with Crippen LogP contribution >= 0.6 is 0 Å². The first-order valence-electron chi connectivity index (χ1n) is 14.5. The summed E-state index contributed by atoms with van der Waals surface area (Å²) in [6.45, 7) is 8.14. The van der Waals surface area contributed by atoms with E-state index in [1.807, 2.05) is 4.90 Å². The Morgan fingerprint density at radius 1 is 1.11 bits per heavy atom. The molecule has 2 N–H and O–H groups in total. The second-order valence-electron chi connectivity index (χ2n) is 11.7. The van der Waals surface area contributed by atoms with Gasteiger partial charge in [0.1, 0.15) is 5.84 Å². The van der Waals surface area contributed by atoms with Crippen molar-refractivity contribution in [3.8, 4) is 0 Å². The van der Waals surface area contributed by atoms with E-state index >= 15 is 0 Å². The number of nitrogens with one attached hydrogen (secondary N) is 2. The van der Waals surface area contributed by atoms with Crippen LogP contribution in [0.3, 0.4) is 0 Å². The van der Waals surface area contributed by atoms with Crippen LogP contribution in [0, 0.1) is 11.8 Å². The first kappa shape index (κ1) is 26.0. The maximum Gasteiger partial charge on any atom is 0.230 e. The maximum absolute atomic E-state index is 13.4. The Hall–Kier alpha value is -2.61. The Bertz CT molecular complexity index is 958. The van der Waals surface area contributed by atoms with Gasteiger partial charge < -0.3 is 15.1 Å². The van der Waals surface area contributed by atoms with Gasteiger partial charge in [-0.05, 0) is 43.6 Å². The third-order valence-electron chi connectivity index (χ3n) is 8.58. The predicted molar refractivity (Wildman–Crippen MR) is 145 cm³/mol. The second-order valence-corrected chi connectivity index (χ2v) is 11.7. The molecule has 3 heterocycles. The molecule has 3 aliphatic heterocycles. The van der Waals surface area contributed by atoms with Crippen molar-refractivity contribution >= 4 is 17.6 Å². The fourth-order valence-corrected chi connectivity index (χ4v) is 6.47. The van der Waals surface area contributed by atoms with Crippen LogP contribution in [-0.2, 0) is 16.1 Å². The van der Waals surface area contributed by atoms with Crippen molar-refractivity contribution in [2.45, 2.75) is 96.6 Å². The molecule has 3 unspecified atom stereocenters. The van der Waals surface area contributed by atoms with Gasteiger partial charge >= 0.3 is 0 Å². The predicted octanol–water partition coefficient (Wildman–Crippen LogP) is 3.50. The molecule has 3 atom stereocenters. The number of nitrogens with zero attached hydrogens (tertiary/aromatic N) is 4. The smallest absolute Gasteiger partial charge is 0.230 e. The standard InChI is InChI=1S/C29H44N6O2/c1-21(2)14-19-34-28(37)24-10-6-7-11-25(24)35-26(31-32-29(34)35)12-13-27(36)30-23-15-17-33(18-16-23)20-22-8-4-3-5-9-22/h3-5,8-9,21,23-25,29,32H,6-7,10-20H2,1-2H3,(H,30,36). The normalized spacial score (nSPS) is 26.5. The van der Waals surface area contributed by atoms with Crippen molar-refractivity contribution < 1.29 is 9.59 Å². The Balaban J connectivity index is 1.12. The molecule has 2 amide bonds. The molecule has 1 saturated carbocycles. The number of fused-ring (bicyclic) bond motifs is 3. The minimum absolute atomic E-state index is 0.0529. The Morgan fingerprint density at radius 3 is 2.62 bits per heavy atom. The Kier molecular flexibility index (Phi) is 8.33. The number of hydrogen-bond acceptors (Lipinski definition) is 6. The van der Waals surface area contributed by atoms with Crippen LogP contribution in [0.1, 0.15) is 77.2 Å². The second kappa shape index (κ2) is 11.8.